The molecule has 1 fully saturated rings. The molecule has 0 bridgehead atoms. The number of benzene rings is 1. The van der Waals surface area contributed by atoms with Crippen LogP contribution in [0.2, 0.25) is 0 Å². The highest BCUT2D eigenvalue weighted by molar-refractivity contribution is 6.05. The zero-order valence-electron chi connectivity index (χ0n) is 20.9. The van der Waals surface area contributed by atoms with E-state index in [0.717, 1.165) is 10.9 Å². The summed E-state index contributed by atoms with van der Waals surface area (Å²) in [6, 6.07) is 5.11. The van der Waals surface area contributed by atoms with Crippen molar-refractivity contribution in [2.24, 2.45) is 7.05 Å². The van der Waals surface area contributed by atoms with Gasteiger partial charge in [-0.2, -0.15) is 5.10 Å². The Morgan fingerprint density at radius 3 is 2.72 bits per heavy atom. The Hall–Kier alpha value is -3.99. The number of aryl methyl sites for hydroxylation is 1. The average Bonchev–Trinajstić information content (AvgIpc) is 3.53. The molecule has 1 N–H and O–H groups in total. The lowest BCUT2D eigenvalue weighted by atomic mass is 10.1. The molecule has 1 aromatic carbocycles. The molecule has 11 heteroatoms. The van der Waals surface area contributed by atoms with Crippen LogP contribution >= 0.6 is 0 Å². The van der Waals surface area contributed by atoms with Gasteiger partial charge in [-0.1, -0.05) is 0 Å². The Morgan fingerprint density at radius 1 is 1.17 bits per heavy atom. The predicted octanol–water partition coefficient (Wildman–Crippen LogP) is 3.57. The molecule has 0 spiro atoms. The molecule has 0 saturated carbocycles. The van der Waals surface area contributed by atoms with Gasteiger partial charge in [0.1, 0.15) is 11.4 Å². The first-order chi connectivity index (χ1) is 17.1. The molecule has 1 aliphatic rings. The highest BCUT2D eigenvalue weighted by atomic mass is 16.6. The highest BCUT2D eigenvalue weighted by Crippen LogP contribution is 2.34. The van der Waals surface area contributed by atoms with E-state index in [1.807, 2.05) is 40.1 Å². The number of hydrogen-bond donors (Lipinski definition) is 1. The lowest BCUT2D eigenvalue weighted by Crippen LogP contribution is -2.37. The number of anilines is 1. The number of rotatable bonds is 4. The van der Waals surface area contributed by atoms with Crippen LogP contribution in [0.25, 0.3) is 16.6 Å². The van der Waals surface area contributed by atoms with E-state index in [2.05, 4.69) is 20.4 Å². The van der Waals surface area contributed by atoms with Crippen LogP contribution in [0.3, 0.4) is 0 Å². The fourth-order valence-corrected chi connectivity index (χ4v) is 4.41. The summed E-state index contributed by atoms with van der Waals surface area (Å²) in [5.41, 5.74) is 2.15. The number of carbonyl (C=O) groups is 2. The lowest BCUT2D eigenvalue weighted by Gasteiger charge is -2.27. The van der Waals surface area contributed by atoms with E-state index in [9.17, 15) is 9.59 Å². The summed E-state index contributed by atoms with van der Waals surface area (Å²) < 4.78 is 14.7. The first-order valence-corrected chi connectivity index (χ1v) is 11.7. The van der Waals surface area contributed by atoms with E-state index in [4.69, 9.17) is 9.47 Å². The van der Waals surface area contributed by atoms with E-state index >= 15 is 0 Å². The number of likely N-dealkylation sites (tertiary alicyclic amines) is 1. The zero-order valence-corrected chi connectivity index (χ0v) is 20.9. The maximum Gasteiger partial charge on any atom is 0.410 e. The largest absolute Gasteiger partial charge is 0.444 e. The summed E-state index contributed by atoms with van der Waals surface area (Å²) in [4.78, 5) is 36.4. The molecule has 5 rings (SSSR count). The first kappa shape index (κ1) is 23.7. The van der Waals surface area contributed by atoms with Crippen molar-refractivity contribution >= 4 is 34.4 Å². The third kappa shape index (κ3) is 4.61. The number of imidazole rings is 1. The first-order valence-electron chi connectivity index (χ1n) is 11.7. The molecular formula is C25H29N7O4. The van der Waals surface area contributed by atoms with Gasteiger partial charge in [-0.05, 0) is 39.0 Å². The number of amides is 2. The van der Waals surface area contributed by atoms with Crippen molar-refractivity contribution in [1.82, 2.24) is 29.0 Å². The van der Waals surface area contributed by atoms with Crippen LogP contribution in [0.1, 0.15) is 49.3 Å². The molecule has 1 unspecified atom stereocenters. The Balaban J connectivity index is 1.37. The smallest absolute Gasteiger partial charge is 0.410 e. The molecule has 2 atom stereocenters. The van der Waals surface area contributed by atoms with Crippen LogP contribution in [0.4, 0.5) is 10.6 Å². The maximum atomic E-state index is 12.9. The minimum atomic E-state index is -0.607. The molecule has 36 heavy (non-hydrogen) atoms. The standard InChI is InChI=1S/C25H29N7O4/c1-25(2,3)36-24(34)32-12-17(35-5)9-20(32)18-13-31-14-21(26-11-22(31)28-18)29-23(33)15-6-7-19-16(8-15)10-27-30(19)4/h6-8,10-11,13-14,17,20H,9,12H2,1-5H3,(H,29,33)/t17-,20?/m0/s1. The normalized spacial score (nSPS) is 18.2. The van der Waals surface area contributed by atoms with E-state index < -0.39 is 11.7 Å². The molecule has 1 saturated heterocycles. The van der Waals surface area contributed by atoms with Crippen LogP contribution in [0, 0.1) is 0 Å². The molecule has 4 aromatic rings. The van der Waals surface area contributed by atoms with E-state index in [1.54, 1.807) is 51.8 Å². The number of nitrogens with one attached hydrogen (secondary N) is 1. The van der Waals surface area contributed by atoms with Crippen LogP contribution in [-0.4, -0.2) is 66.4 Å². The summed E-state index contributed by atoms with van der Waals surface area (Å²) in [6.07, 6.45) is 6.94. The number of ether oxygens (including phenoxy) is 2. The summed E-state index contributed by atoms with van der Waals surface area (Å²) in [7, 11) is 3.49. The van der Waals surface area contributed by atoms with Crippen molar-refractivity contribution < 1.29 is 19.1 Å². The van der Waals surface area contributed by atoms with Crippen molar-refractivity contribution in [3.05, 3.63) is 54.2 Å². The van der Waals surface area contributed by atoms with Crippen molar-refractivity contribution in [3.63, 3.8) is 0 Å². The second kappa shape index (κ2) is 8.90. The van der Waals surface area contributed by atoms with Crippen molar-refractivity contribution in [3.8, 4) is 0 Å². The second-order valence-corrected chi connectivity index (χ2v) is 9.94. The molecule has 4 heterocycles. The van der Waals surface area contributed by atoms with Gasteiger partial charge >= 0.3 is 6.09 Å². The number of aromatic nitrogens is 5. The highest BCUT2D eigenvalue weighted by Gasteiger charge is 2.39. The van der Waals surface area contributed by atoms with Crippen molar-refractivity contribution in [1.29, 1.82) is 0 Å². The van der Waals surface area contributed by atoms with Crippen LogP contribution < -0.4 is 5.32 Å². The third-order valence-corrected chi connectivity index (χ3v) is 6.18. The van der Waals surface area contributed by atoms with Gasteiger partial charge in [-0.25, -0.2) is 14.8 Å². The van der Waals surface area contributed by atoms with E-state index in [-0.39, 0.29) is 18.1 Å². The van der Waals surface area contributed by atoms with Gasteiger partial charge in [0.2, 0.25) is 0 Å². The fourth-order valence-electron chi connectivity index (χ4n) is 4.41. The van der Waals surface area contributed by atoms with E-state index in [0.29, 0.717) is 35.7 Å². The predicted molar refractivity (Wildman–Crippen MR) is 133 cm³/mol. The monoisotopic (exact) mass is 491 g/mol. The summed E-state index contributed by atoms with van der Waals surface area (Å²) >= 11 is 0. The number of carbonyl (C=O) groups excluding carboxylic acids is 2. The summed E-state index contributed by atoms with van der Waals surface area (Å²) in [6.45, 7) is 5.94. The maximum absolute atomic E-state index is 12.9. The van der Waals surface area contributed by atoms with Crippen LogP contribution in [0.5, 0.6) is 0 Å². The molecule has 11 nitrogen and oxygen atoms in total. The third-order valence-electron chi connectivity index (χ3n) is 6.18. The minimum absolute atomic E-state index is 0.113. The Kier molecular flexibility index (Phi) is 5.87. The van der Waals surface area contributed by atoms with Gasteiger partial charge in [-0.15, -0.1) is 0 Å². The topological polar surface area (TPSA) is 116 Å². The molecule has 3 aromatic heterocycles. The minimum Gasteiger partial charge on any atom is -0.444 e. The molecule has 0 aliphatic carbocycles. The zero-order chi connectivity index (χ0) is 25.6. The van der Waals surface area contributed by atoms with Gasteiger partial charge in [0.05, 0.1) is 48.5 Å². The Labute approximate surface area is 208 Å². The number of hydrogen-bond acceptors (Lipinski definition) is 7. The fraction of sp³-hybridized carbons (Fsp3) is 0.400. The SMILES string of the molecule is CO[C@H]1CC(c2cn3cc(NC(=O)c4ccc5c(cnn5C)c4)ncc3n2)N(C(=O)OC(C)(C)C)C1. The van der Waals surface area contributed by atoms with Crippen LogP contribution in [0.15, 0.2) is 43.0 Å². The second-order valence-electron chi connectivity index (χ2n) is 9.94. The number of methoxy groups -OCH3 is 1. The molecule has 1 aliphatic heterocycles. The molecule has 2 amide bonds. The quantitative estimate of drug-likeness (QED) is 0.464. The van der Waals surface area contributed by atoms with Gasteiger partial charge in [0, 0.05) is 37.7 Å². The van der Waals surface area contributed by atoms with E-state index in [1.165, 1.54) is 0 Å². The number of fused-ring (bicyclic) bond motifs is 2. The van der Waals surface area contributed by atoms with Gasteiger partial charge in [0.25, 0.3) is 5.91 Å². The van der Waals surface area contributed by atoms with Gasteiger partial charge in [0.15, 0.2) is 5.65 Å². The van der Waals surface area contributed by atoms with Gasteiger partial charge < -0.3 is 19.2 Å². The Morgan fingerprint density at radius 2 is 1.97 bits per heavy atom. The summed E-state index contributed by atoms with van der Waals surface area (Å²) in [5, 5.41) is 7.94. The van der Waals surface area contributed by atoms with Crippen molar-refractivity contribution in [2.75, 3.05) is 19.0 Å². The molecular weight excluding hydrogens is 462 g/mol. The summed E-state index contributed by atoms with van der Waals surface area (Å²) in [5.74, 6) is 0.107. The van der Waals surface area contributed by atoms with Gasteiger partial charge in [-0.3, -0.25) is 14.4 Å². The van der Waals surface area contributed by atoms with Crippen LogP contribution in [-0.2, 0) is 16.5 Å². The van der Waals surface area contributed by atoms with Crippen molar-refractivity contribution in [2.45, 2.75) is 44.9 Å². The number of nitrogens with zero attached hydrogens (tertiary/aromatic N) is 6. The Bertz CT molecular complexity index is 1450. The average molecular weight is 492 g/mol. The molecule has 188 valence electrons. The molecule has 0 radical (unpaired) electrons. The lowest BCUT2D eigenvalue weighted by molar-refractivity contribution is 0.0192.